The summed E-state index contributed by atoms with van der Waals surface area (Å²) in [5.74, 6) is -2.22. The number of nitrogens with one attached hydrogen (secondary N) is 3. The number of rotatable bonds is 8. The molecular weight excluding hydrogens is 372 g/mol. The number of hydrogen-bond acceptors (Lipinski definition) is 5. The van der Waals surface area contributed by atoms with Gasteiger partial charge in [-0.25, -0.2) is 5.48 Å². The molecule has 0 aliphatic rings. The number of benzene rings is 2. The van der Waals surface area contributed by atoms with E-state index in [1.165, 1.54) is 19.6 Å². The maximum absolute atomic E-state index is 12.7. The van der Waals surface area contributed by atoms with Crippen molar-refractivity contribution in [2.75, 3.05) is 26.0 Å². The quantitative estimate of drug-likeness (QED) is 0.308. The summed E-state index contributed by atoms with van der Waals surface area (Å²) in [5.41, 5.74) is 4.72. The normalized spacial score (nSPS) is 11.3. The van der Waals surface area contributed by atoms with E-state index >= 15 is 0 Å². The smallest absolute Gasteiger partial charge is 0.275 e. The number of nitrogens with zero attached hydrogens (tertiary/aromatic N) is 1. The van der Waals surface area contributed by atoms with Crippen molar-refractivity contribution >= 4 is 23.4 Å². The van der Waals surface area contributed by atoms with Gasteiger partial charge in [0, 0.05) is 31.9 Å². The van der Waals surface area contributed by atoms with Crippen molar-refractivity contribution < 1.29 is 19.6 Å². The fourth-order valence-electron chi connectivity index (χ4n) is 2.84. The van der Waals surface area contributed by atoms with Crippen LogP contribution in [0.5, 0.6) is 0 Å². The first kappa shape index (κ1) is 21.9. The molecule has 0 saturated heterocycles. The average molecular weight is 398 g/mol. The molecule has 8 heteroatoms. The molecule has 3 amide bonds. The maximum atomic E-state index is 12.7. The van der Waals surface area contributed by atoms with Crippen molar-refractivity contribution in [2.24, 2.45) is 0 Å². The minimum atomic E-state index is -1.49. The van der Waals surface area contributed by atoms with Crippen molar-refractivity contribution in [1.29, 1.82) is 0 Å². The van der Waals surface area contributed by atoms with E-state index < -0.39 is 23.8 Å². The molecule has 0 radical (unpaired) electrons. The first-order valence-corrected chi connectivity index (χ1v) is 9.30. The van der Waals surface area contributed by atoms with Crippen LogP contribution in [0.25, 0.3) is 11.1 Å². The first-order valence-electron chi connectivity index (χ1n) is 9.30. The van der Waals surface area contributed by atoms with Gasteiger partial charge in [-0.05, 0) is 41.8 Å². The Morgan fingerprint density at radius 2 is 1.52 bits per heavy atom. The van der Waals surface area contributed by atoms with Crippen LogP contribution in [-0.2, 0) is 9.59 Å². The lowest BCUT2D eigenvalue weighted by molar-refractivity contribution is -0.140. The summed E-state index contributed by atoms with van der Waals surface area (Å²) in [6, 6.07) is 13.4. The molecule has 2 rings (SSSR count). The number of hydroxylamine groups is 1. The number of carbonyl (C=O) groups excluding carboxylic acids is 3. The van der Waals surface area contributed by atoms with E-state index in [2.05, 4.69) is 17.6 Å². The summed E-state index contributed by atoms with van der Waals surface area (Å²) in [5, 5.41) is 14.5. The standard InChI is InChI=1S/C21H26N4O4/c1-4-13-23-17-11-9-15(10-12-17)14-5-7-16(8-6-14)21(28)25(3)18(19(26)22-2)20(27)24-29/h5-12,18,23,29H,4,13H2,1-3H3,(H,22,26)(H,24,27). The summed E-state index contributed by atoms with van der Waals surface area (Å²) in [6.07, 6.45) is 1.05. The van der Waals surface area contributed by atoms with E-state index in [0.29, 0.717) is 5.56 Å². The minimum absolute atomic E-state index is 0.317. The van der Waals surface area contributed by atoms with Gasteiger partial charge in [-0.1, -0.05) is 31.2 Å². The van der Waals surface area contributed by atoms with Gasteiger partial charge in [-0.3, -0.25) is 19.6 Å². The average Bonchev–Trinajstić information content (AvgIpc) is 2.77. The highest BCUT2D eigenvalue weighted by atomic mass is 16.5. The minimum Gasteiger partial charge on any atom is -0.385 e. The molecule has 0 aliphatic carbocycles. The second kappa shape index (κ2) is 10.2. The predicted molar refractivity (Wildman–Crippen MR) is 111 cm³/mol. The summed E-state index contributed by atoms with van der Waals surface area (Å²) < 4.78 is 0. The van der Waals surface area contributed by atoms with E-state index in [0.717, 1.165) is 34.7 Å². The molecule has 0 heterocycles. The van der Waals surface area contributed by atoms with Crippen LogP contribution in [0.1, 0.15) is 23.7 Å². The Kier molecular flexibility index (Phi) is 7.73. The van der Waals surface area contributed by atoms with Gasteiger partial charge in [0.15, 0.2) is 6.04 Å². The van der Waals surface area contributed by atoms with Crippen LogP contribution in [0, 0.1) is 0 Å². The Hall–Kier alpha value is -3.39. The summed E-state index contributed by atoms with van der Waals surface area (Å²) in [7, 11) is 2.67. The molecule has 2 aromatic carbocycles. The molecule has 2 aromatic rings. The van der Waals surface area contributed by atoms with Crippen molar-refractivity contribution in [2.45, 2.75) is 19.4 Å². The topological polar surface area (TPSA) is 111 Å². The molecule has 0 aliphatic heterocycles. The Balaban J connectivity index is 2.17. The highest BCUT2D eigenvalue weighted by Crippen LogP contribution is 2.22. The van der Waals surface area contributed by atoms with Crippen molar-refractivity contribution in [3.8, 4) is 11.1 Å². The largest absolute Gasteiger partial charge is 0.385 e. The third kappa shape index (κ3) is 5.32. The third-order valence-corrected chi connectivity index (χ3v) is 4.49. The Morgan fingerprint density at radius 1 is 0.966 bits per heavy atom. The van der Waals surface area contributed by atoms with E-state index in [1.54, 1.807) is 24.3 Å². The molecule has 0 saturated carbocycles. The number of carbonyl (C=O) groups is 3. The lowest BCUT2D eigenvalue weighted by Gasteiger charge is -2.25. The predicted octanol–water partition coefficient (Wildman–Crippen LogP) is 1.87. The second-order valence-electron chi connectivity index (χ2n) is 6.49. The molecule has 0 spiro atoms. The summed E-state index contributed by atoms with van der Waals surface area (Å²) in [6.45, 7) is 3.02. The number of anilines is 1. The van der Waals surface area contributed by atoms with Gasteiger partial charge in [-0.2, -0.15) is 0 Å². The lowest BCUT2D eigenvalue weighted by atomic mass is 10.0. The van der Waals surface area contributed by atoms with Gasteiger partial charge in [0.05, 0.1) is 0 Å². The monoisotopic (exact) mass is 398 g/mol. The van der Waals surface area contributed by atoms with Crippen molar-refractivity contribution in [1.82, 2.24) is 15.7 Å². The summed E-state index contributed by atoms with van der Waals surface area (Å²) in [4.78, 5) is 37.4. The maximum Gasteiger partial charge on any atom is 0.275 e. The Bertz CT molecular complexity index is 834. The fraction of sp³-hybridized carbons (Fsp3) is 0.286. The van der Waals surface area contributed by atoms with Crippen LogP contribution in [0.2, 0.25) is 0 Å². The van der Waals surface area contributed by atoms with Gasteiger partial charge in [0.25, 0.3) is 17.7 Å². The molecule has 1 unspecified atom stereocenters. The van der Waals surface area contributed by atoms with Gasteiger partial charge in [-0.15, -0.1) is 0 Å². The van der Waals surface area contributed by atoms with Crippen molar-refractivity contribution in [3.05, 3.63) is 54.1 Å². The number of amides is 3. The fourth-order valence-corrected chi connectivity index (χ4v) is 2.84. The zero-order chi connectivity index (χ0) is 21.4. The molecule has 0 aromatic heterocycles. The zero-order valence-corrected chi connectivity index (χ0v) is 16.7. The van der Waals surface area contributed by atoms with Crippen LogP contribution < -0.4 is 16.1 Å². The Morgan fingerprint density at radius 3 is 2.00 bits per heavy atom. The SMILES string of the molecule is CCCNc1ccc(-c2ccc(C(=O)N(C)C(C(=O)NC)C(=O)NO)cc2)cc1. The number of likely N-dealkylation sites (N-methyl/N-ethyl adjacent to an activating group) is 2. The summed E-state index contributed by atoms with van der Waals surface area (Å²) >= 11 is 0. The molecule has 29 heavy (non-hydrogen) atoms. The highest BCUT2D eigenvalue weighted by molar-refractivity contribution is 6.08. The molecule has 0 bridgehead atoms. The van der Waals surface area contributed by atoms with Crippen LogP contribution in [0.4, 0.5) is 5.69 Å². The van der Waals surface area contributed by atoms with Gasteiger partial charge < -0.3 is 15.5 Å². The zero-order valence-electron chi connectivity index (χ0n) is 16.7. The van der Waals surface area contributed by atoms with E-state index in [-0.39, 0.29) is 0 Å². The molecule has 0 fully saturated rings. The first-order chi connectivity index (χ1) is 13.9. The molecule has 154 valence electrons. The van der Waals surface area contributed by atoms with Gasteiger partial charge in [0.1, 0.15) is 0 Å². The van der Waals surface area contributed by atoms with Crippen LogP contribution >= 0.6 is 0 Å². The lowest BCUT2D eigenvalue weighted by Crippen LogP contribution is -2.54. The highest BCUT2D eigenvalue weighted by Gasteiger charge is 2.33. The van der Waals surface area contributed by atoms with E-state index in [1.807, 2.05) is 24.3 Å². The van der Waals surface area contributed by atoms with E-state index in [9.17, 15) is 14.4 Å². The molecular formula is C21H26N4O4. The molecule has 1 atom stereocenters. The van der Waals surface area contributed by atoms with Crippen LogP contribution in [0.15, 0.2) is 48.5 Å². The van der Waals surface area contributed by atoms with E-state index in [4.69, 9.17) is 5.21 Å². The van der Waals surface area contributed by atoms with Crippen LogP contribution in [-0.4, -0.2) is 54.5 Å². The Labute approximate surface area is 169 Å². The number of hydrogen-bond donors (Lipinski definition) is 4. The van der Waals surface area contributed by atoms with Crippen molar-refractivity contribution in [3.63, 3.8) is 0 Å². The second-order valence-corrected chi connectivity index (χ2v) is 6.49. The molecule has 8 nitrogen and oxygen atoms in total. The van der Waals surface area contributed by atoms with Gasteiger partial charge in [0.2, 0.25) is 0 Å². The van der Waals surface area contributed by atoms with Crippen LogP contribution in [0.3, 0.4) is 0 Å². The van der Waals surface area contributed by atoms with Gasteiger partial charge >= 0.3 is 0 Å². The molecule has 4 N–H and O–H groups in total. The third-order valence-electron chi connectivity index (χ3n) is 4.49.